The number of nitrogen functional groups attached to an aromatic ring is 2. The number of amides is 2. The number of fused-ring (bicyclic) bond motifs is 6. The molecule has 6 N–H and O–H groups in total. The van der Waals surface area contributed by atoms with Crippen molar-refractivity contribution in [3.8, 4) is 11.3 Å². The van der Waals surface area contributed by atoms with Crippen LogP contribution >= 0.6 is 0 Å². The van der Waals surface area contributed by atoms with Crippen LogP contribution in [0.2, 0.25) is 0 Å². The molecule has 0 radical (unpaired) electrons. The van der Waals surface area contributed by atoms with Crippen LogP contribution in [0, 0.1) is 35.5 Å². The van der Waals surface area contributed by atoms with E-state index in [9.17, 15) is 43.8 Å². The molecule has 5 aromatic rings. The number of methoxy groups -OCH3 is 5. The third-order valence-electron chi connectivity index (χ3n) is 26.1. The highest BCUT2D eigenvalue weighted by atomic mass is 16.6. The number of rotatable bonds is 41. The predicted molar refractivity (Wildman–Crippen MR) is 519 cm³/mol. The van der Waals surface area contributed by atoms with Crippen molar-refractivity contribution in [2.24, 2.45) is 35.5 Å². The van der Waals surface area contributed by atoms with Crippen molar-refractivity contribution in [3.63, 3.8) is 0 Å². The molecule has 764 valence electrons. The number of aliphatic hydroxyl groups excluding tert-OH is 1. The van der Waals surface area contributed by atoms with E-state index in [0.29, 0.717) is 235 Å². The molecule has 34 nitrogen and oxygen atoms in total. The number of oxazole rings is 1. The molecular weight excluding hydrogens is 1760 g/mol. The van der Waals surface area contributed by atoms with E-state index in [0.717, 1.165) is 54.6 Å². The van der Waals surface area contributed by atoms with Gasteiger partial charge in [0.15, 0.2) is 17.0 Å². The van der Waals surface area contributed by atoms with Gasteiger partial charge in [0.05, 0.1) is 109 Å². The number of anilines is 2. The van der Waals surface area contributed by atoms with Crippen LogP contribution in [-0.4, -0.2) is 294 Å². The van der Waals surface area contributed by atoms with E-state index in [1.54, 1.807) is 42.3 Å². The number of cyclic esters (lactones) is 1. The number of carbonyl (C=O) groups excluding carboxylic acids is 7. The third-order valence-corrected chi connectivity index (χ3v) is 26.1. The molecule has 2 saturated heterocycles. The maximum Gasteiger partial charge on any atom is 0.329 e. The van der Waals surface area contributed by atoms with Crippen LogP contribution in [0.25, 0.3) is 33.4 Å². The number of allylic oxidation sites excluding steroid dienone is 5. The van der Waals surface area contributed by atoms with E-state index in [2.05, 4.69) is 40.1 Å². The van der Waals surface area contributed by atoms with Crippen LogP contribution in [0.5, 0.6) is 0 Å². The maximum absolute atomic E-state index is 14.7. The molecule has 10 rings (SSSR count). The van der Waals surface area contributed by atoms with Gasteiger partial charge >= 0.3 is 11.9 Å². The van der Waals surface area contributed by atoms with Gasteiger partial charge in [-0.25, -0.2) is 19.4 Å². The largest absolute Gasteiger partial charge is 0.460 e. The number of aromatic nitrogens is 5. The number of nitrogens with two attached hydrogens (primary N) is 2. The van der Waals surface area contributed by atoms with Crippen LogP contribution in [0.1, 0.15) is 208 Å². The Hall–Kier alpha value is -8.69. The van der Waals surface area contributed by atoms with Crippen molar-refractivity contribution in [3.05, 3.63) is 107 Å². The molecule has 4 aliphatic heterocycles. The van der Waals surface area contributed by atoms with Crippen molar-refractivity contribution in [1.82, 2.24) is 34.5 Å². The number of esters is 2. The number of hydrogen-bond donors (Lipinski definition) is 4. The monoisotopic (exact) mass is 1920 g/mol. The van der Waals surface area contributed by atoms with Crippen LogP contribution in [0.4, 0.5) is 11.8 Å². The number of ketones is 3. The molecule has 34 heteroatoms. The second-order valence-corrected chi connectivity index (χ2v) is 36.5. The van der Waals surface area contributed by atoms with E-state index in [1.165, 1.54) is 23.9 Å². The Morgan fingerprint density at radius 3 is 2.05 bits per heavy atom. The highest BCUT2D eigenvalue weighted by Crippen LogP contribution is 2.40. The summed E-state index contributed by atoms with van der Waals surface area (Å²) in [5, 5.41) is 29.3. The van der Waals surface area contributed by atoms with E-state index >= 15 is 0 Å². The SMILES string of the molecule is CCCOCCOCCOCCC(=O)CCCOCCOCC.CCOCCOCCC(=O)N1CCc2cc(Cn3nc(-c4ccc5oc(N)nc5c4)c4c(N)ncnc43)ccc2C1.COCCCC(=O)O[C@@H]1CC[C@@H](C[C@@H](C)[C@@H]2C[C@@H](OC)[C@H](C)/C=C(\C)[C@@H](O)[C@@H](OC)C(=O)[C@H](C)C[C@H](C)/C=C/C=C/C=C(\C)[C@@H](OC)C[C@@H]3CC[C@@H](C)[C@@](O)(O3)C(=O)C(=O)N3CCCC[C@H]3C(=O)O2)C[C@H]1OC. The Bertz CT molecular complexity index is 4650. The molecule has 2 aromatic carbocycles. The molecule has 5 aliphatic rings. The van der Waals surface area contributed by atoms with Crippen LogP contribution in [0.3, 0.4) is 0 Å². The van der Waals surface area contributed by atoms with Gasteiger partial charge < -0.3 is 107 Å². The predicted octanol–water partition coefficient (Wildman–Crippen LogP) is 13.0. The Kier molecular flexibility index (Phi) is 50.1. The Morgan fingerprint density at radius 2 is 1.36 bits per heavy atom. The van der Waals surface area contributed by atoms with Gasteiger partial charge in [-0.05, 0) is 181 Å². The topological polar surface area (TPSA) is 427 Å². The van der Waals surface area contributed by atoms with Gasteiger partial charge in [0.2, 0.25) is 11.7 Å². The standard InChI is InChI=1S/C57H91NO15.C29H32N8O4.C17H34O6/c1-35-19-14-13-15-20-36(2)46(67-9)33-43-25-23-41(7)57(65,73-43)54(62)55(63)58-27-17-16-21-44(58)56(64)72-48(34-47(68-10)37(3)30-40(6)52(61)53(70-12)51(60)39(5)29-35)38(4)31-42-24-26-45(49(32-42)69-11)71-50(59)22-18-28-66-8;1-2-39-11-12-40-10-8-24(38)36-9-7-19-13-18(3-4-21(19)16-36)15-37-28-25(27(30)32-17-33-28)26(35-37)20-5-6-23-22(14-20)34-29(31)41-23;1-3-8-20-13-15-23-16-14-22-10-7-17(18)6-5-9-21-12-11-19-4-2/h13-15,19-20,30,35,37-39,41-49,52-53,61,65H,16-18,21-29,31-34H2,1-12H3;3-6,13-14,17H,2,7-12,15-16H2,1H3,(H2,31,34)(H2,30,32,33);3-16H2,1-2H3/b15-13+,19-14+,36-20+,40-30+;;/t35-,37-,38-,39-,41-,42+,43+,44+,45-,46+,47-,48+,49-,52-,53+,57-;;/m1../s1. The molecule has 1 saturated carbocycles. The first kappa shape index (κ1) is 114. The summed E-state index contributed by atoms with van der Waals surface area (Å²) in [5.41, 5.74) is 20.3. The van der Waals surface area contributed by atoms with Crippen molar-refractivity contribution in [1.29, 1.82) is 0 Å². The molecule has 137 heavy (non-hydrogen) atoms. The molecule has 3 fully saturated rings. The average Bonchev–Trinajstić information content (AvgIpc) is 1.65. The van der Waals surface area contributed by atoms with E-state index in [4.69, 9.17) is 92.0 Å². The number of benzene rings is 2. The summed E-state index contributed by atoms with van der Waals surface area (Å²) in [4.78, 5) is 110. The molecule has 2 amide bonds. The van der Waals surface area contributed by atoms with Gasteiger partial charge in [0.1, 0.15) is 59.6 Å². The summed E-state index contributed by atoms with van der Waals surface area (Å²) >= 11 is 0. The Morgan fingerprint density at radius 1 is 0.664 bits per heavy atom. The summed E-state index contributed by atoms with van der Waals surface area (Å²) in [5.74, 6) is -6.56. The highest BCUT2D eigenvalue weighted by Gasteiger charge is 2.53. The first-order valence-electron chi connectivity index (χ1n) is 49.3. The average molecular weight is 1920 g/mol. The molecule has 3 aromatic heterocycles. The van der Waals surface area contributed by atoms with E-state index in [1.807, 2.05) is 113 Å². The van der Waals surface area contributed by atoms with Gasteiger partial charge in [-0.15, -0.1) is 0 Å². The summed E-state index contributed by atoms with van der Waals surface area (Å²) in [7, 11) is 7.79. The molecule has 7 heterocycles. The van der Waals surface area contributed by atoms with Crippen molar-refractivity contribution < 1.29 is 119 Å². The summed E-state index contributed by atoms with van der Waals surface area (Å²) < 4.78 is 91.8. The van der Waals surface area contributed by atoms with Crippen LogP contribution in [0.15, 0.2) is 94.7 Å². The van der Waals surface area contributed by atoms with Crippen molar-refractivity contribution >= 4 is 75.1 Å². The molecule has 0 spiro atoms. The van der Waals surface area contributed by atoms with Gasteiger partial charge in [0.25, 0.3) is 17.7 Å². The number of piperidine rings is 1. The summed E-state index contributed by atoms with van der Waals surface area (Å²) in [6.45, 7) is 29.7. The Labute approximate surface area is 809 Å². The quantitative estimate of drug-likeness (QED) is 0.0122. The molecule has 16 atom stereocenters. The maximum atomic E-state index is 14.7. The second kappa shape index (κ2) is 60.4. The summed E-state index contributed by atoms with van der Waals surface area (Å²) in [6, 6.07) is 10.9. The zero-order valence-corrected chi connectivity index (χ0v) is 83.8. The van der Waals surface area contributed by atoms with Crippen molar-refractivity contribution in [2.45, 2.75) is 271 Å². The van der Waals surface area contributed by atoms with Crippen molar-refractivity contribution in [2.75, 3.05) is 159 Å². The van der Waals surface area contributed by atoms with Gasteiger partial charge in [0, 0.05) is 144 Å². The second-order valence-electron chi connectivity index (χ2n) is 36.5. The van der Waals surface area contributed by atoms with Gasteiger partial charge in [-0.3, -0.25) is 28.8 Å². The smallest absolute Gasteiger partial charge is 0.329 e. The lowest BCUT2D eigenvalue weighted by atomic mass is 9.78. The first-order valence-corrected chi connectivity index (χ1v) is 49.3. The van der Waals surface area contributed by atoms with E-state index < -0.39 is 84.1 Å². The fourth-order valence-electron chi connectivity index (χ4n) is 18.2. The molecule has 2 bridgehead atoms. The molecule has 1 aliphatic carbocycles. The zero-order chi connectivity index (χ0) is 99.4. The fourth-order valence-corrected chi connectivity index (χ4v) is 18.2. The normalized spacial score (nSPS) is 26.2. The minimum Gasteiger partial charge on any atom is -0.460 e. The van der Waals surface area contributed by atoms with Gasteiger partial charge in [-0.2, -0.15) is 10.1 Å². The third kappa shape index (κ3) is 35.8. The first-order chi connectivity index (χ1) is 66.0. The number of carbonyl (C=O) groups is 7. The summed E-state index contributed by atoms with van der Waals surface area (Å²) in [6.07, 6.45) is 18.4. The Balaban J connectivity index is 0.000000298. The highest BCUT2D eigenvalue weighted by molar-refractivity contribution is 6.39. The number of aliphatic hydroxyl groups is 2. The minimum atomic E-state index is -2.42. The lowest BCUT2D eigenvalue weighted by molar-refractivity contribution is -0.265. The van der Waals surface area contributed by atoms with Crippen LogP contribution < -0.4 is 11.5 Å². The molecule has 0 unspecified atom stereocenters. The zero-order valence-electron chi connectivity index (χ0n) is 83.8. The van der Waals surface area contributed by atoms with Gasteiger partial charge in [-0.1, -0.05) is 96.2 Å². The van der Waals surface area contributed by atoms with E-state index in [-0.39, 0.29) is 85.0 Å². The lowest BCUT2D eigenvalue weighted by Gasteiger charge is -2.43. The molecular formula is C103H157N9O25. The van der Waals surface area contributed by atoms with Crippen LogP contribution in [-0.2, 0) is 124 Å². The lowest BCUT2D eigenvalue weighted by Crippen LogP contribution is -2.61. The number of ether oxygens (including phenoxy) is 15. The number of Topliss-reactive ketones (excluding diaryl/α,β-unsaturated/α-hetero) is 3. The number of hydrogen-bond acceptors (Lipinski definition) is 31. The minimum absolute atomic E-state index is 0.0343. The fraction of sp³-hybridized carbons (Fsp3) is 0.680. The number of nitrogens with zero attached hydrogens (tertiary/aromatic N) is 7.